The lowest BCUT2D eigenvalue weighted by molar-refractivity contribution is -0.123. The van der Waals surface area contributed by atoms with Crippen molar-refractivity contribution in [2.24, 2.45) is 0 Å². The number of aromatic amines is 1. The summed E-state index contributed by atoms with van der Waals surface area (Å²) in [6, 6.07) is 10.5. The van der Waals surface area contributed by atoms with Crippen LogP contribution in [0.2, 0.25) is 0 Å². The van der Waals surface area contributed by atoms with Gasteiger partial charge in [-0.25, -0.2) is 0 Å². The molecule has 2 fully saturated rings. The van der Waals surface area contributed by atoms with E-state index in [0.717, 1.165) is 24.8 Å². The molecule has 1 aliphatic heterocycles. The van der Waals surface area contributed by atoms with Crippen LogP contribution in [-0.2, 0) is 4.79 Å². The maximum absolute atomic E-state index is 13.3. The van der Waals surface area contributed by atoms with Crippen molar-refractivity contribution in [2.45, 2.75) is 31.7 Å². The van der Waals surface area contributed by atoms with Crippen molar-refractivity contribution in [3.63, 3.8) is 0 Å². The smallest absolute Gasteiger partial charge is 0.259 e. The van der Waals surface area contributed by atoms with Gasteiger partial charge in [0.05, 0.1) is 23.0 Å². The van der Waals surface area contributed by atoms with Crippen molar-refractivity contribution >= 4 is 34.6 Å². The van der Waals surface area contributed by atoms with Gasteiger partial charge in [-0.3, -0.25) is 14.5 Å². The van der Waals surface area contributed by atoms with Crippen LogP contribution in [0.15, 0.2) is 41.3 Å². The number of nitrogens with zero attached hydrogens (tertiary/aromatic N) is 3. The maximum atomic E-state index is 13.3. The Labute approximate surface area is 155 Å². The van der Waals surface area contributed by atoms with Crippen LogP contribution in [0.25, 0.3) is 0 Å². The van der Waals surface area contributed by atoms with Crippen molar-refractivity contribution in [3.05, 3.63) is 58.0 Å². The molecule has 0 atom stereocenters. The number of nitriles is 1. The van der Waals surface area contributed by atoms with Crippen molar-refractivity contribution < 1.29 is 4.79 Å². The third-order valence-electron chi connectivity index (χ3n) is 5.21. The lowest BCUT2D eigenvalue weighted by Crippen LogP contribution is -2.55. The predicted molar refractivity (Wildman–Crippen MR) is 102 cm³/mol. The van der Waals surface area contributed by atoms with E-state index in [2.05, 4.69) is 11.1 Å². The van der Waals surface area contributed by atoms with Gasteiger partial charge in [-0.05, 0) is 68.2 Å². The summed E-state index contributed by atoms with van der Waals surface area (Å²) in [5.74, 6) is -0.0518. The minimum Gasteiger partial charge on any atom is -0.327 e. The quantitative estimate of drug-likeness (QED) is 0.829. The molecule has 1 spiro atoms. The topological polar surface area (TPSA) is 80.2 Å². The molecule has 2 heterocycles. The first kappa shape index (κ1) is 16.5. The molecule has 7 heteroatoms. The molecule has 2 aliphatic rings. The zero-order valence-electron chi connectivity index (χ0n) is 14.2. The average Bonchev–Trinajstić information content (AvgIpc) is 2.83. The number of anilines is 2. The van der Waals surface area contributed by atoms with Crippen LogP contribution in [0.3, 0.4) is 0 Å². The van der Waals surface area contributed by atoms with Crippen molar-refractivity contribution in [1.29, 1.82) is 5.26 Å². The SMILES string of the molecule is Cc1cc(N2C(=O)C3(CCC3)N(c3ccc(=O)[nH]c3)C2=S)ccc1C#N. The Morgan fingerprint density at radius 3 is 2.46 bits per heavy atom. The number of H-pyrrole nitrogens is 1. The van der Waals surface area contributed by atoms with E-state index in [0.29, 0.717) is 22.1 Å². The number of nitrogens with one attached hydrogen (secondary N) is 1. The molecule has 1 aromatic carbocycles. The molecule has 4 rings (SSSR count). The standard InChI is InChI=1S/C19H16N4O2S/c1-12-9-14(4-3-13(12)10-20)22-17(25)19(7-2-8-19)23(18(22)26)15-5-6-16(24)21-11-15/h3-6,9,11H,2,7-8H2,1H3,(H,21,24). The molecular formula is C19H16N4O2S. The van der Waals surface area contributed by atoms with E-state index in [4.69, 9.17) is 17.5 Å². The van der Waals surface area contributed by atoms with Gasteiger partial charge in [0.2, 0.25) is 5.56 Å². The van der Waals surface area contributed by atoms with Crippen LogP contribution in [0.4, 0.5) is 11.4 Å². The van der Waals surface area contributed by atoms with E-state index in [1.807, 2.05) is 17.9 Å². The third-order valence-corrected chi connectivity index (χ3v) is 5.57. The summed E-state index contributed by atoms with van der Waals surface area (Å²) in [6.07, 6.45) is 3.98. The summed E-state index contributed by atoms with van der Waals surface area (Å²) in [7, 11) is 0. The Morgan fingerprint density at radius 2 is 1.92 bits per heavy atom. The average molecular weight is 364 g/mol. The van der Waals surface area contributed by atoms with Crippen LogP contribution in [0.1, 0.15) is 30.4 Å². The molecule has 1 aromatic heterocycles. The first-order valence-electron chi connectivity index (χ1n) is 8.36. The molecule has 6 nitrogen and oxygen atoms in total. The summed E-state index contributed by atoms with van der Waals surface area (Å²) in [5.41, 5.74) is 1.85. The van der Waals surface area contributed by atoms with Gasteiger partial charge >= 0.3 is 0 Å². The lowest BCUT2D eigenvalue weighted by Gasteiger charge is -2.42. The lowest BCUT2D eigenvalue weighted by atomic mass is 9.75. The highest BCUT2D eigenvalue weighted by Gasteiger charge is 2.59. The minimum atomic E-state index is -0.683. The van der Waals surface area contributed by atoms with Crippen LogP contribution in [0, 0.1) is 18.3 Å². The molecule has 2 aromatic rings. The van der Waals surface area contributed by atoms with Crippen molar-refractivity contribution in [3.8, 4) is 6.07 Å². The first-order valence-corrected chi connectivity index (χ1v) is 8.77. The molecule has 0 bridgehead atoms. The molecule has 1 saturated heterocycles. The second kappa shape index (κ2) is 5.78. The number of amides is 1. The van der Waals surface area contributed by atoms with Crippen LogP contribution >= 0.6 is 12.2 Å². The summed E-state index contributed by atoms with van der Waals surface area (Å²) in [6.45, 7) is 1.84. The largest absolute Gasteiger partial charge is 0.327 e. The number of hydrogen-bond acceptors (Lipinski definition) is 4. The van der Waals surface area contributed by atoms with Gasteiger partial charge in [-0.1, -0.05) is 0 Å². The van der Waals surface area contributed by atoms with Crippen LogP contribution in [-0.4, -0.2) is 21.5 Å². The first-order chi connectivity index (χ1) is 12.5. The van der Waals surface area contributed by atoms with Gasteiger partial charge < -0.3 is 9.88 Å². The van der Waals surface area contributed by atoms with E-state index >= 15 is 0 Å². The molecule has 0 unspecified atom stereocenters. The fourth-order valence-electron chi connectivity index (χ4n) is 3.66. The number of rotatable bonds is 2. The van der Waals surface area contributed by atoms with Crippen molar-refractivity contribution in [1.82, 2.24) is 4.98 Å². The molecule has 0 radical (unpaired) electrons. The number of thiocarbonyl (C=S) groups is 1. The summed E-state index contributed by atoms with van der Waals surface area (Å²) < 4.78 is 0. The molecule has 26 heavy (non-hydrogen) atoms. The number of pyridine rings is 1. The van der Waals surface area contributed by atoms with E-state index < -0.39 is 5.54 Å². The van der Waals surface area contributed by atoms with Gasteiger partial charge in [0.25, 0.3) is 5.91 Å². The Bertz CT molecular complexity index is 1010. The Hall–Kier alpha value is -2.98. The third kappa shape index (κ3) is 2.19. The zero-order valence-corrected chi connectivity index (χ0v) is 15.0. The number of carbonyl (C=O) groups is 1. The second-order valence-electron chi connectivity index (χ2n) is 6.67. The summed E-state index contributed by atoms with van der Waals surface area (Å²) in [5, 5.41) is 9.52. The Morgan fingerprint density at radius 1 is 1.19 bits per heavy atom. The van der Waals surface area contributed by atoms with Gasteiger partial charge in [-0.2, -0.15) is 5.26 Å². The van der Waals surface area contributed by atoms with E-state index in [1.54, 1.807) is 29.3 Å². The molecule has 1 N–H and O–H groups in total. The summed E-state index contributed by atoms with van der Waals surface area (Å²) in [4.78, 5) is 30.8. The normalized spacial score (nSPS) is 18.2. The second-order valence-corrected chi connectivity index (χ2v) is 7.03. The summed E-state index contributed by atoms with van der Waals surface area (Å²) >= 11 is 5.66. The molecule has 1 amide bonds. The predicted octanol–water partition coefficient (Wildman–Crippen LogP) is 2.62. The van der Waals surface area contributed by atoms with Crippen molar-refractivity contribution in [2.75, 3.05) is 9.80 Å². The molecule has 1 aliphatic carbocycles. The monoisotopic (exact) mass is 364 g/mol. The van der Waals surface area contributed by atoms with Crippen LogP contribution < -0.4 is 15.4 Å². The number of aromatic nitrogens is 1. The highest BCUT2D eigenvalue weighted by atomic mass is 32.1. The number of aryl methyl sites for hydroxylation is 1. The van der Waals surface area contributed by atoms with E-state index in [1.165, 1.54) is 6.07 Å². The number of carbonyl (C=O) groups excluding carboxylic acids is 1. The zero-order chi connectivity index (χ0) is 18.5. The Kier molecular flexibility index (Phi) is 3.67. The van der Waals surface area contributed by atoms with Gasteiger partial charge in [-0.15, -0.1) is 0 Å². The highest BCUT2D eigenvalue weighted by molar-refractivity contribution is 7.81. The fourth-order valence-corrected chi connectivity index (χ4v) is 4.13. The van der Waals surface area contributed by atoms with E-state index in [9.17, 15) is 9.59 Å². The van der Waals surface area contributed by atoms with Crippen LogP contribution in [0.5, 0.6) is 0 Å². The fraction of sp³-hybridized carbons (Fsp3) is 0.263. The Balaban J connectivity index is 1.81. The molecular weight excluding hydrogens is 348 g/mol. The number of benzene rings is 1. The maximum Gasteiger partial charge on any atom is 0.259 e. The molecule has 130 valence electrons. The van der Waals surface area contributed by atoms with Gasteiger partial charge in [0.1, 0.15) is 5.54 Å². The highest BCUT2D eigenvalue weighted by Crippen LogP contribution is 2.47. The van der Waals surface area contributed by atoms with Gasteiger partial charge in [0.15, 0.2) is 5.11 Å². The number of hydrogen-bond donors (Lipinski definition) is 1. The van der Waals surface area contributed by atoms with E-state index in [-0.39, 0.29) is 11.5 Å². The minimum absolute atomic E-state index is 0.0518. The molecule has 1 saturated carbocycles. The van der Waals surface area contributed by atoms with Gasteiger partial charge in [0, 0.05) is 12.3 Å².